The highest BCUT2D eigenvalue weighted by Crippen LogP contribution is 2.30. The topological polar surface area (TPSA) is 231 Å². The smallest absolute Gasteiger partial charge is 0.187 e. The number of methoxy groups -OCH3 is 1. The van der Waals surface area contributed by atoms with Crippen molar-refractivity contribution in [3.8, 4) is 0 Å². The molecule has 0 aromatic rings. The first-order chi connectivity index (χ1) is 16.0. The fourth-order valence-corrected chi connectivity index (χ4v) is 4.51. The third-order valence-corrected chi connectivity index (χ3v) is 6.58. The van der Waals surface area contributed by atoms with Crippen LogP contribution in [0.2, 0.25) is 0 Å². The largest absolute Gasteiger partial charge is 0.394 e. The first-order valence-electron chi connectivity index (χ1n) is 11.0. The predicted molar refractivity (Wildman–Crippen MR) is 110 cm³/mol. The first kappa shape index (κ1) is 27.8. The van der Waals surface area contributed by atoms with Crippen LogP contribution in [0.3, 0.4) is 0 Å². The molecule has 3 aliphatic rings. The van der Waals surface area contributed by atoms with Crippen LogP contribution >= 0.6 is 0 Å². The van der Waals surface area contributed by atoms with E-state index < -0.39 is 98.9 Å². The maximum Gasteiger partial charge on any atom is 0.187 e. The van der Waals surface area contributed by atoms with Crippen molar-refractivity contribution < 1.29 is 64.9 Å². The van der Waals surface area contributed by atoms with Crippen LogP contribution in [0.1, 0.15) is 6.92 Å². The molecule has 0 aromatic carbocycles. The Labute approximate surface area is 195 Å². The molecule has 0 spiro atoms. The summed E-state index contributed by atoms with van der Waals surface area (Å²) in [5.74, 6) is 0. The number of hydrogen-bond donors (Lipinski definition) is 10. The minimum absolute atomic E-state index is 0.0742. The van der Waals surface area contributed by atoms with Gasteiger partial charge in [-0.2, -0.15) is 0 Å². The Morgan fingerprint density at radius 2 is 1.50 bits per heavy atom. The normalized spacial score (nSPS) is 50.1. The van der Waals surface area contributed by atoms with Crippen LogP contribution < -0.4 is 5.32 Å². The molecule has 2 heterocycles. The Morgan fingerprint density at radius 3 is 2.09 bits per heavy atom. The summed E-state index contributed by atoms with van der Waals surface area (Å²) >= 11 is 0. The van der Waals surface area contributed by atoms with Gasteiger partial charge in [-0.15, -0.1) is 0 Å². The highest BCUT2D eigenvalue weighted by atomic mass is 16.7. The van der Waals surface area contributed by atoms with E-state index >= 15 is 0 Å². The standard InChI is InChI=1S/C20H35NO13/c1-6-10(21-8-3-7(4-22)11(24)14(27)12(8)25)13(26)16(29)20(32-6)34-18-9(5-23)33-19(31-2)17(30)15(18)28/h3,6,8-30H,4-5H2,1-2H3. The maximum atomic E-state index is 10.7. The van der Waals surface area contributed by atoms with Crippen LogP contribution in [0, 0.1) is 0 Å². The molecule has 0 radical (unpaired) electrons. The van der Waals surface area contributed by atoms with E-state index in [4.69, 9.17) is 18.9 Å². The van der Waals surface area contributed by atoms with Gasteiger partial charge in [-0.25, -0.2) is 0 Å². The second-order valence-electron chi connectivity index (χ2n) is 8.78. The van der Waals surface area contributed by atoms with Gasteiger partial charge in [-0.05, 0) is 12.5 Å². The van der Waals surface area contributed by atoms with Crippen LogP contribution in [0.5, 0.6) is 0 Å². The summed E-state index contributed by atoms with van der Waals surface area (Å²) in [5.41, 5.74) is 0.0742. The fraction of sp³-hybridized carbons (Fsp3) is 0.900. The van der Waals surface area contributed by atoms with E-state index in [2.05, 4.69) is 5.32 Å². The van der Waals surface area contributed by atoms with Crippen LogP contribution in [0.4, 0.5) is 0 Å². The van der Waals surface area contributed by atoms with Crippen molar-refractivity contribution in [3.63, 3.8) is 0 Å². The van der Waals surface area contributed by atoms with Gasteiger partial charge >= 0.3 is 0 Å². The molecule has 14 atom stereocenters. The van der Waals surface area contributed by atoms with Gasteiger partial charge in [0.2, 0.25) is 0 Å². The lowest BCUT2D eigenvalue weighted by Crippen LogP contribution is -2.68. The van der Waals surface area contributed by atoms with Crippen molar-refractivity contribution in [1.82, 2.24) is 5.32 Å². The molecule has 0 amide bonds. The van der Waals surface area contributed by atoms with Gasteiger partial charge < -0.3 is 70.2 Å². The number of ether oxygens (including phenoxy) is 4. The Bertz CT molecular complexity index is 695. The first-order valence-corrected chi connectivity index (χ1v) is 11.0. The molecule has 198 valence electrons. The van der Waals surface area contributed by atoms with Crippen LogP contribution in [-0.4, -0.2) is 152 Å². The number of nitrogens with one attached hydrogen (secondary N) is 1. The Hall–Kier alpha value is -0.820. The Balaban J connectivity index is 1.70. The summed E-state index contributed by atoms with van der Waals surface area (Å²) in [6.45, 7) is 0.370. The monoisotopic (exact) mass is 497 g/mol. The van der Waals surface area contributed by atoms with Crippen molar-refractivity contribution in [2.24, 2.45) is 0 Å². The molecule has 0 bridgehead atoms. The quantitative estimate of drug-likeness (QED) is 0.148. The molecule has 14 heteroatoms. The SMILES string of the molecule is COC1OC(CO)C(OC2OC(C)C(NC3C=C(CO)C(O)C(O)C3O)C(O)C2O)C(O)C1O. The van der Waals surface area contributed by atoms with Crippen LogP contribution in [-0.2, 0) is 18.9 Å². The zero-order chi connectivity index (χ0) is 25.3. The maximum absolute atomic E-state index is 10.7. The van der Waals surface area contributed by atoms with E-state index in [9.17, 15) is 46.0 Å². The number of aliphatic hydroxyl groups excluding tert-OH is 9. The molecule has 14 nitrogen and oxygen atoms in total. The molecule has 0 saturated carbocycles. The molecule has 0 aromatic heterocycles. The minimum atomic E-state index is -1.67. The molecule has 1 aliphatic carbocycles. The number of rotatable bonds is 7. The van der Waals surface area contributed by atoms with Crippen molar-refractivity contribution in [3.05, 3.63) is 11.6 Å². The highest BCUT2D eigenvalue weighted by molar-refractivity contribution is 5.22. The number of aliphatic hydroxyl groups is 9. The van der Waals surface area contributed by atoms with Gasteiger partial charge in [0.05, 0.1) is 31.4 Å². The van der Waals surface area contributed by atoms with Gasteiger partial charge in [0.25, 0.3) is 0 Å². The summed E-state index contributed by atoms with van der Waals surface area (Å²) in [6, 6.07) is -1.98. The van der Waals surface area contributed by atoms with E-state index in [-0.39, 0.29) is 5.57 Å². The van der Waals surface area contributed by atoms with Crippen LogP contribution in [0.25, 0.3) is 0 Å². The molecule has 14 unspecified atom stereocenters. The van der Waals surface area contributed by atoms with E-state index in [0.29, 0.717) is 0 Å². The second kappa shape index (κ2) is 11.5. The zero-order valence-corrected chi connectivity index (χ0v) is 18.7. The van der Waals surface area contributed by atoms with Gasteiger partial charge in [0.1, 0.15) is 54.9 Å². The molecule has 34 heavy (non-hydrogen) atoms. The average Bonchev–Trinajstić information content (AvgIpc) is 2.82. The predicted octanol–water partition coefficient (Wildman–Crippen LogP) is -5.73. The van der Waals surface area contributed by atoms with Crippen molar-refractivity contribution in [1.29, 1.82) is 0 Å². The van der Waals surface area contributed by atoms with Gasteiger partial charge in [0, 0.05) is 7.11 Å². The highest BCUT2D eigenvalue weighted by Gasteiger charge is 2.51. The van der Waals surface area contributed by atoms with Gasteiger partial charge in [0.15, 0.2) is 12.6 Å². The Kier molecular flexibility index (Phi) is 9.38. The molecule has 2 fully saturated rings. The third kappa shape index (κ3) is 5.30. The fourth-order valence-electron chi connectivity index (χ4n) is 4.51. The number of hydrogen-bond acceptors (Lipinski definition) is 14. The molecule has 2 aliphatic heterocycles. The van der Waals surface area contributed by atoms with E-state index in [1.807, 2.05) is 0 Å². The van der Waals surface area contributed by atoms with E-state index in [0.717, 1.165) is 0 Å². The lowest BCUT2D eigenvalue weighted by Gasteiger charge is -2.47. The third-order valence-electron chi connectivity index (χ3n) is 6.58. The summed E-state index contributed by atoms with van der Waals surface area (Å²) in [4.78, 5) is 0. The molecular weight excluding hydrogens is 462 g/mol. The lowest BCUT2D eigenvalue weighted by atomic mass is 9.86. The average molecular weight is 497 g/mol. The van der Waals surface area contributed by atoms with Crippen molar-refractivity contribution in [2.45, 2.75) is 92.6 Å². The van der Waals surface area contributed by atoms with Gasteiger partial charge in [-0.1, -0.05) is 6.08 Å². The molecule has 2 saturated heterocycles. The van der Waals surface area contributed by atoms with E-state index in [1.54, 1.807) is 0 Å². The van der Waals surface area contributed by atoms with E-state index in [1.165, 1.54) is 20.1 Å². The zero-order valence-electron chi connectivity index (χ0n) is 18.7. The van der Waals surface area contributed by atoms with Crippen molar-refractivity contribution in [2.75, 3.05) is 20.3 Å². The van der Waals surface area contributed by atoms with Crippen molar-refractivity contribution >= 4 is 0 Å². The summed E-state index contributed by atoms with van der Waals surface area (Å²) in [6.07, 6.45) is -15.5. The molecule has 10 N–H and O–H groups in total. The lowest BCUT2D eigenvalue weighted by molar-refractivity contribution is -0.348. The summed E-state index contributed by atoms with van der Waals surface area (Å²) in [5, 5.41) is 94.0. The Morgan fingerprint density at radius 1 is 0.853 bits per heavy atom. The summed E-state index contributed by atoms with van der Waals surface area (Å²) in [7, 11) is 1.25. The molecular formula is C20H35NO13. The van der Waals surface area contributed by atoms with Crippen LogP contribution in [0.15, 0.2) is 11.6 Å². The minimum Gasteiger partial charge on any atom is -0.394 e. The summed E-state index contributed by atoms with van der Waals surface area (Å²) < 4.78 is 21.6. The molecule has 3 rings (SSSR count). The second-order valence-corrected chi connectivity index (χ2v) is 8.78. The van der Waals surface area contributed by atoms with Gasteiger partial charge in [-0.3, -0.25) is 0 Å².